The minimum atomic E-state index is 0.0973. The third-order valence-corrected chi connectivity index (χ3v) is 4.00. The van der Waals surface area contributed by atoms with Crippen molar-refractivity contribution in [2.75, 3.05) is 21.2 Å². The average Bonchev–Trinajstić information content (AvgIpc) is 2.41. The smallest absolute Gasteiger partial charge is 0.137 e. The number of ketones is 1. The van der Waals surface area contributed by atoms with E-state index in [9.17, 15) is 4.79 Å². The van der Waals surface area contributed by atoms with Crippen molar-refractivity contribution in [3.05, 3.63) is 29.8 Å². The van der Waals surface area contributed by atoms with Crippen LogP contribution in [0.4, 0.5) is 0 Å². The van der Waals surface area contributed by atoms with Gasteiger partial charge in [-0.1, -0.05) is 24.6 Å². The van der Waals surface area contributed by atoms with Gasteiger partial charge in [-0.3, -0.25) is 4.79 Å². The number of hydrogen-bond donors (Lipinski definition) is 0. The van der Waals surface area contributed by atoms with Gasteiger partial charge in [0.25, 0.3) is 0 Å². The van der Waals surface area contributed by atoms with Crippen LogP contribution in [0.25, 0.3) is 0 Å². The van der Waals surface area contributed by atoms with Crippen molar-refractivity contribution >= 4 is 5.78 Å². The van der Waals surface area contributed by atoms with E-state index >= 15 is 0 Å². The zero-order valence-corrected chi connectivity index (χ0v) is 12.1. The molecule has 1 aromatic carbocycles. The van der Waals surface area contributed by atoms with Crippen molar-refractivity contribution in [1.29, 1.82) is 0 Å². The van der Waals surface area contributed by atoms with E-state index in [1.807, 2.05) is 32.3 Å². The van der Waals surface area contributed by atoms with E-state index in [2.05, 4.69) is 11.0 Å². The molecule has 3 heteroatoms. The van der Waals surface area contributed by atoms with Gasteiger partial charge in [-0.15, -0.1) is 0 Å². The van der Waals surface area contributed by atoms with Gasteiger partial charge in [-0.05, 0) is 33.0 Å². The Kier molecular flexibility index (Phi) is 4.59. The molecule has 1 aliphatic rings. The van der Waals surface area contributed by atoms with Crippen molar-refractivity contribution < 1.29 is 9.53 Å². The van der Waals surface area contributed by atoms with Crippen LogP contribution in [0.1, 0.15) is 37.3 Å². The van der Waals surface area contributed by atoms with E-state index in [1.165, 1.54) is 0 Å². The van der Waals surface area contributed by atoms with E-state index in [0.717, 1.165) is 37.0 Å². The minimum Gasteiger partial charge on any atom is -0.496 e. The van der Waals surface area contributed by atoms with Crippen LogP contribution in [0, 0.1) is 5.92 Å². The Morgan fingerprint density at radius 2 is 2.00 bits per heavy atom. The molecule has 3 nitrogen and oxygen atoms in total. The molecule has 0 spiro atoms. The maximum atomic E-state index is 12.2. The third-order valence-electron chi connectivity index (χ3n) is 4.00. The number of methoxy groups -OCH3 is 1. The number of benzene rings is 1. The molecular formula is C16H23NO2. The zero-order chi connectivity index (χ0) is 13.8. The lowest BCUT2D eigenvalue weighted by atomic mass is 9.79. The number of hydrogen-bond acceptors (Lipinski definition) is 3. The van der Waals surface area contributed by atoms with E-state index in [4.69, 9.17) is 4.74 Å². The first kappa shape index (κ1) is 14.1. The summed E-state index contributed by atoms with van der Waals surface area (Å²) >= 11 is 0. The Morgan fingerprint density at radius 1 is 1.26 bits per heavy atom. The van der Waals surface area contributed by atoms with Gasteiger partial charge < -0.3 is 9.64 Å². The maximum Gasteiger partial charge on any atom is 0.137 e. The van der Waals surface area contributed by atoms with Crippen molar-refractivity contribution in [1.82, 2.24) is 4.90 Å². The highest BCUT2D eigenvalue weighted by Crippen LogP contribution is 2.38. The summed E-state index contributed by atoms with van der Waals surface area (Å²) in [5.41, 5.74) is 1.12. The standard InChI is InChI=1S/C16H23NO2/c1-17(2)16(12-8-4-6-10-14(12)18)13-9-5-7-11-15(13)19-3/h5,7,9,11-12,16H,4,6,8,10H2,1-3H3. The summed E-state index contributed by atoms with van der Waals surface area (Å²) in [6.07, 6.45) is 3.90. The number of carbonyl (C=O) groups is 1. The Bertz CT molecular complexity index is 442. The van der Waals surface area contributed by atoms with Crippen LogP contribution in [0.15, 0.2) is 24.3 Å². The second-order valence-electron chi connectivity index (χ2n) is 5.47. The summed E-state index contributed by atoms with van der Waals surface area (Å²) in [4.78, 5) is 14.4. The molecule has 2 rings (SSSR count). The molecule has 19 heavy (non-hydrogen) atoms. The summed E-state index contributed by atoms with van der Waals surface area (Å²) in [5, 5.41) is 0. The second kappa shape index (κ2) is 6.20. The highest BCUT2D eigenvalue weighted by atomic mass is 16.5. The molecule has 0 aliphatic heterocycles. The van der Waals surface area contributed by atoms with Gasteiger partial charge in [0.15, 0.2) is 0 Å². The van der Waals surface area contributed by atoms with Crippen LogP contribution < -0.4 is 4.74 Å². The van der Waals surface area contributed by atoms with Gasteiger partial charge in [0.2, 0.25) is 0 Å². The average molecular weight is 261 g/mol. The molecule has 1 aliphatic carbocycles. The fraction of sp³-hybridized carbons (Fsp3) is 0.562. The maximum absolute atomic E-state index is 12.2. The predicted octanol–water partition coefficient (Wildman–Crippen LogP) is 3.06. The number of para-hydroxylation sites is 1. The highest BCUT2D eigenvalue weighted by molar-refractivity contribution is 5.82. The molecular weight excluding hydrogens is 238 g/mol. The first-order chi connectivity index (χ1) is 9.15. The number of Topliss-reactive ketones (excluding diaryl/α,β-unsaturated/α-hetero) is 1. The van der Waals surface area contributed by atoms with Crippen molar-refractivity contribution in [3.63, 3.8) is 0 Å². The van der Waals surface area contributed by atoms with Crippen molar-refractivity contribution in [3.8, 4) is 5.75 Å². The topological polar surface area (TPSA) is 29.5 Å². The second-order valence-corrected chi connectivity index (χ2v) is 5.47. The molecule has 0 aromatic heterocycles. The lowest BCUT2D eigenvalue weighted by Crippen LogP contribution is -2.34. The molecule has 104 valence electrons. The molecule has 0 saturated heterocycles. The van der Waals surface area contributed by atoms with Gasteiger partial charge in [-0.2, -0.15) is 0 Å². The van der Waals surface area contributed by atoms with Crippen LogP contribution in [-0.4, -0.2) is 31.9 Å². The van der Waals surface area contributed by atoms with Crippen LogP contribution in [0.5, 0.6) is 5.75 Å². The highest BCUT2D eigenvalue weighted by Gasteiger charge is 2.33. The summed E-state index contributed by atoms with van der Waals surface area (Å²) in [7, 11) is 5.77. The number of carbonyl (C=O) groups excluding carboxylic acids is 1. The fourth-order valence-electron chi connectivity index (χ4n) is 3.11. The fourth-order valence-corrected chi connectivity index (χ4v) is 3.11. The molecule has 2 atom stereocenters. The van der Waals surface area contributed by atoms with Crippen LogP contribution >= 0.6 is 0 Å². The number of nitrogens with zero attached hydrogens (tertiary/aromatic N) is 1. The number of ether oxygens (including phenoxy) is 1. The van der Waals surface area contributed by atoms with Gasteiger partial charge in [0.05, 0.1) is 7.11 Å². The number of rotatable bonds is 4. The Morgan fingerprint density at radius 3 is 2.63 bits per heavy atom. The van der Waals surface area contributed by atoms with Gasteiger partial charge in [0.1, 0.15) is 11.5 Å². The van der Waals surface area contributed by atoms with Gasteiger partial charge in [0, 0.05) is 23.9 Å². The Labute approximate surface area is 115 Å². The van der Waals surface area contributed by atoms with Crippen LogP contribution in [0.2, 0.25) is 0 Å². The van der Waals surface area contributed by atoms with E-state index in [-0.39, 0.29) is 12.0 Å². The third kappa shape index (κ3) is 2.98. The Balaban J connectivity index is 2.36. The largest absolute Gasteiger partial charge is 0.496 e. The quantitative estimate of drug-likeness (QED) is 0.834. The lowest BCUT2D eigenvalue weighted by molar-refractivity contribution is -0.126. The first-order valence-electron chi connectivity index (χ1n) is 6.97. The normalized spacial score (nSPS) is 21.5. The molecule has 0 N–H and O–H groups in total. The van der Waals surface area contributed by atoms with Crippen molar-refractivity contribution in [2.45, 2.75) is 31.7 Å². The molecule has 0 radical (unpaired) electrons. The molecule has 1 aromatic rings. The first-order valence-corrected chi connectivity index (χ1v) is 6.97. The van der Waals surface area contributed by atoms with Gasteiger partial charge >= 0.3 is 0 Å². The molecule has 0 amide bonds. The molecule has 1 fully saturated rings. The summed E-state index contributed by atoms with van der Waals surface area (Å²) in [6, 6.07) is 8.15. The minimum absolute atomic E-state index is 0.0973. The van der Waals surface area contributed by atoms with Gasteiger partial charge in [-0.25, -0.2) is 0 Å². The monoisotopic (exact) mass is 261 g/mol. The van der Waals surface area contributed by atoms with Crippen molar-refractivity contribution in [2.24, 2.45) is 5.92 Å². The van der Waals surface area contributed by atoms with E-state index in [1.54, 1.807) is 7.11 Å². The van der Waals surface area contributed by atoms with Crippen LogP contribution in [-0.2, 0) is 4.79 Å². The predicted molar refractivity (Wildman–Crippen MR) is 76.4 cm³/mol. The summed E-state index contributed by atoms with van der Waals surface area (Å²) < 4.78 is 5.46. The Hall–Kier alpha value is -1.35. The molecule has 2 unspecified atom stereocenters. The van der Waals surface area contributed by atoms with E-state index in [0.29, 0.717) is 5.78 Å². The lowest BCUT2D eigenvalue weighted by Gasteiger charge is -2.34. The van der Waals surface area contributed by atoms with E-state index < -0.39 is 0 Å². The SMILES string of the molecule is COc1ccccc1C(C1CCCCC1=O)N(C)C. The van der Waals surface area contributed by atoms with Crippen LogP contribution in [0.3, 0.4) is 0 Å². The molecule has 0 heterocycles. The zero-order valence-electron chi connectivity index (χ0n) is 12.1. The summed E-state index contributed by atoms with van der Waals surface area (Å²) in [6.45, 7) is 0. The molecule has 0 bridgehead atoms. The summed E-state index contributed by atoms with van der Waals surface area (Å²) in [5.74, 6) is 1.37. The molecule has 1 saturated carbocycles.